The van der Waals surface area contributed by atoms with Crippen molar-refractivity contribution < 1.29 is 4.74 Å². The molecule has 2 nitrogen and oxygen atoms in total. The minimum atomic E-state index is -0.510. The first-order valence-corrected chi connectivity index (χ1v) is 21.1. The van der Waals surface area contributed by atoms with E-state index in [0.717, 1.165) is 22.9 Å². The summed E-state index contributed by atoms with van der Waals surface area (Å²) in [6.45, 7) is 2.28. The van der Waals surface area contributed by atoms with Gasteiger partial charge in [-0.1, -0.05) is 147 Å². The van der Waals surface area contributed by atoms with Gasteiger partial charge in [-0.15, -0.1) is 11.8 Å². The summed E-state index contributed by atoms with van der Waals surface area (Å²) in [7, 11) is 0. The fourth-order valence-corrected chi connectivity index (χ4v) is 11.2. The molecule has 266 valence electrons. The molecule has 1 aliphatic carbocycles. The number of thioether (sulfide) groups is 1. The van der Waals surface area contributed by atoms with Crippen LogP contribution >= 0.6 is 11.8 Å². The minimum absolute atomic E-state index is 0.0382. The van der Waals surface area contributed by atoms with E-state index in [1.165, 1.54) is 103 Å². The van der Waals surface area contributed by atoms with Gasteiger partial charge in [0, 0.05) is 27.4 Å². The highest BCUT2D eigenvalue weighted by molar-refractivity contribution is 7.99. The van der Waals surface area contributed by atoms with Gasteiger partial charge in [-0.25, -0.2) is 0 Å². The van der Waals surface area contributed by atoms with Crippen LogP contribution in [0.15, 0.2) is 163 Å². The number of fused-ring (bicyclic) bond motifs is 7. The Bertz CT molecular complexity index is 2710. The molecule has 1 saturated carbocycles. The summed E-state index contributed by atoms with van der Waals surface area (Å²) in [5.74, 6) is 3.55. The summed E-state index contributed by atoms with van der Waals surface area (Å²) >= 11 is 1.92. The quantitative estimate of drug-likeness (QED) is 0.125. The van der Waals surface area contributed by atoms with Crippen LogP contribution in [0.5, 0.6) is 11.5 Å². The Kier molecular flexibility index (Phi) is 7.85. The molecule has 1 aromatic heterocycles. The molecule has 3 heterocycles. The van der Waals surface area contributed by atoms with Gasteiger partial charge in [-0.05, 0) is 99.7 Å². The van der Waals surface area contributed by atoms with Crippen molar-refractivity contribution >= 4 is 56.7 Å². The number of hydrogen-bond acceptors (Lipinski definition) is 2. The lowest BCUT2D eigenvalue weighted by molar-refractivity contribution is 0.444. The van der Waals surface area contributed by atoms with E-state index in [1.807, 2.05) is 11.8 Å². The van der Waals surface area contributed by atoms with Gasteiger partial charge in [0.05, 0.1) is 16.4 Å². The summed E-state index contributed by atoms with van der Waals surface area (Å²) in [5.41, 5.74) is 13.7. The fraction of sp³-hybridized carbons (Fsp3) is 0.176. The van der Waals surface area contributed by atoms with E-state index in [2.05, 4.69) is 169 Å². The van der Waals surface area contributed by atoms with Gasteiger partial charge >= 0.3 is 0 Å². The van der Waals surface area contributed by atoms with Gasteiger partial charge < -0.3 is 9.30 Å². The number of benzene rings is 7. The Labute approximate surface area is 328 Å². The van der Waals surface area contributed by atoms with E-state index < -0.39 is 5.41 Å². The van der Waals surface area contributed by atoms with Gasteiger partial charge in [0.2, 0.25) is 0 Å². The Morgan fingerprint density at radius 2 is 1.35 bits per heavy atom. The number of hydrogen-bond donors (Lipinski definition) is 0. The number of ether oxygens (including phenoxy) is 1. The predicted octanol–water partition coefficient (Wildman–Crippen LogP) is 11.3. The Morgan fingerprint density at radius 3 is 2.13 bits per heavy atom. The molecule has 8 aromatic rings. The molecule has 0 unspecified atom stereocenters. The molecular weight excluding hydrogens is 685 g/mol. The maximum Gasteiger partial charge on any atom is 0.251 e. The van der Waals surface area contributed by atoms with E-state index in [1.54, 1.807) is 0 Å². The van der Waals surface area contributed by atoms with Crippen molar-refractivity contribution in [1.82, 2.24) is 4.57 Å². The molecule has 55 heavy (non-hydrogen) atoms. The predicted molar refractivity (Wildman–Crippen MR) is 232 cm³/mol. The van der Waals surface area contributed by atoms with Crippen molar-refractivity contribution in [2.45, 2.75) is 55.3 Å². The average Bonchev–Trinajstić information content (AvgIpc) is 3.58. The molecular formula is C51H42BNOS. The highest BCUT2D eigenvalue weighted by atomic mass is 32.2. The molecule has 7 aromatic carbocycles. The summed E-state index contributed by atoms with van der Waals surface area (Å²) in [6.07, 6.45) is 6.60. The number of para-hydroxylation sites is 1. The molecule has 11 rings (SSSR count). The molecule has 3 aliphatic rings. The topological polar surface area (TPSA) is 14.2 Å². The third-order valence-electron chi connectivity index (χ3n) is 12.8. The zero-order chi connectivity index (χ0) is 36.5. The van der Waals surface area contributed by atoms with E-state index in [9.17, 15) is 0 Å². The molecule has 0 N–H and O–H groups in total. The van der Waals surface area contributed by atoms with Crippen LogP contribution in [0.1, 0.15) is 72.8 Å². The zero-order valence-electron chi connectivity index (χ0n) is 31.2. The van der Waals surface area contributed by atoms with Crippen LogP contribution in [0.3, 0.4) is 0 Å². The summed E-state index contributed by atoms with van der Waals surface area (Å²) < 4.78 is 9.61. The Hall–Kier alpha value is -5.45. The summed E-state index contributed by atoms with van der Waals surface area (Å²) in [6, 6.07) is 59.4. The van der Waals surface area contributed by atoms with Crippen LogP contribution in [0.25, 0.3) is 27.5 Å². The first-order chi connectivity index (χ1) is 27.2. The monoisotopic (exact) mass is 727 g/mol. The second kappa shape index (κ2) is 13.1. The highest BCUT2D eigenvalue weighted by Gasteiger charge is 2.51. The van der Waals surface area contributed by atoms with Crippen molar-refractivity contribution in [2.24, 2.45) is 0 Å². The van der Waals surface area contributed by atoms with Crippen LogP contribution < -0.4 is 21.1 Å². The van der Waals surface area contributed by atoms with Crippen molar-refractivity contribution in [2.75, 3.05) is 5.75 Å². The molecule has 0 amide bonds. The van der Waals surface area contributed by atoms with Gasteiger partial charge in [0.1, 0.15) is 11.5 Å². The molecule has 0 saturated heterocycles. The zero-order valence-corrected chi connectivity index (χ0v) is 32.0. The molecule has 2 aliphatic heterocycles. The number of rotatable bonds is 6. The molecule has 0 radical (unpaired) electrons. The lowest BCUT2D eigenvalue weighted by Crippen LogP contribution is -2.63. The Balaban J connectivity index is 1.14. The molecule has 4 heteroatoms. The van der Waals surface area contributed by atoms with Gasteiger partial charge in [-0.3, -0.25) is 0 Å². The standard InChI is InChI=1S/C51H42BNOS/c1-2-55-39-27-30-44-43(33-39)51(36-17-8-4-9-18-36,37-19-10-5-11-20-37)42-22-14-24-48-50(42)52(44)45-29-26-38(32-49(45)54-48)53-46-23-13-12-21-40(46)41-28-25-35(31-47(41)53)34-15-6-3-7-16-34/h4-5,8-14,17-34H,2-3,6-7,15-16H2,1H3. The van der Waals surface area contributed by atoms with Gasteiger partial charge in [-0.2, -0.15) is 0 Å². The maximum absolute atomic E-state index is 7.13. The van der Waals surface area contributed by atoms with Crippen molar-refractivity contribution in [3.05, 3.63) is 186 Å². The van der Waals surface area contributed by atoms with E-state index in [4.69, 9.17) is 4.74 Å². The molecule has 0 atom stereocenters. The van der Waals surface area contributed by atoms with Crippen LogP contribution in [0, 0.1) is 0 Å². The molecule has 1 fully saturated rings. The smallest absolute Gasteiger partial charge is 0.251 e. The van der Waals surface area contributed by atoms with E-state index in [-0.39, 0.29) is 6.71 Å². The molecule has 0 spiro atoms. The lowest BCUT2D eigenvalue weighted by atomic mass is 9.30. The fourth-order valence-electron chi connectivity index (χ4n) is 10.5. The SMILES string of the molecule is CCSc1ccc2c(c1)C(c1ccccc1)(c1ccccc1)c1cccc3c1B2c1ccc(-n2c4ccccc4c4ccc(C5CCCCC5)cc42)cc1O3. The second-order valence-electron chi connectivity index (χ2n) is 15.6. The minimum Gasteiger partial charge on any atom is -0.458 e. The molecule has 0 bridgehead atoms. The largest absolute Gasteiger partial charge is 0.458 e. The highest BCUT2D eigenvalue weighted by Crippen LogP contribution is 2.49. The Morgan fingerprint density at radius 1 is 0.618 bits per heavy atom. The van der Waals surface area contributed by atoms with E-state index in [0.29, 0.717) is 5.92 Å². The van der Waals surface area contributed by atoms with Crippen molar-refractivity contribution in [3.63, 3.8) is 0 Å². The third kappa shape index (κ3) is 4.97. The summed E-state index contributed by atoms with van der Waals surface area (Å²) in [5, 5.41) is 2.60. The van der Waals surface area contributed by atoms with Gasteiger partial charge in [0.15, 0.2) is 0 Å². The number of nitrogens with zero attached hydrogens (tertiary/aromatic N) is 1. The van der Waals surface area contributed by atoms with Crippen LogP contribution in [0.2, 0.25) is 0 Å². The van der Waals surface area contributed by atoms with Crippen LogP contribution in [0.4, 0.5) is 0 Å². The van der Waals surface area contributed by atoms with Crippen LogP contribution in [-0.2, 0) is 5.41 Å². The second-order valence-corrected chi connectivity index (χ2v) is 16.9. The van der Waals surface area contributed by atoms with Crippen molar-refractivity contribution in [3.8, 4) is 17.2 Å². The summed E-state index contributed by atoms with van der Waals surface area (Å²) in [4.78, 5) is 1.30. The van der Waals surface area contributed by atoms with Crippen molar-refractivity contribution in [1.29, 1.82) is 0 Å². The first-order valence-electron chi connectivity index (χ1n) is 20.1. The maximum atomic E-state index is 7.13. The average molecular weight is 728 g/mol. The lowest BCUT2D eigenvalue weighted by Gasteiger charge is -2.46. The normalized spacial score (nSPS) is 15.7. The third-order valence-corrected chi connectivity index (χ3v) is 13.7. The van der Waals surface area contributed by atoms with Crippen LogP contribution in [-0.4, -0.2) is 17.0 Å². The first kappa shape index (κ1) is 32.9. The number of aromatic nitrogens is 1. The van der Waals surface area contributed by atoms with E-state index >= 15 is 0 Å². The van der Waals surface area contributed by atoms with Gasteiger partial charge in [0.25, 0.3) is 6.71 Å².